The smallest absolute Gasteiger partial charge is 0.264 e. The summed E-state index contributed by atoms with van der Waals surface area (Å²) in [6.45, 7) is 7.60. The minimum absolute atomic E-state index is 0.0845. The van der Waals surface area contributed by atoms with Gasteiger partial charge in [0.15, 0.2) is 0 Å². The highest BCUT2D eigenvalue weighted by Gasteiger charge is 2.34. The second-order valence-electron chi connectivity index (χ2n) is 9.70. The maximum absolute atomic E-state index is 14.1. The van der Waals surface area contributed by atoms with E-state index in [-0.39, 0.29) is 17.3 Å². The number of ether oxygens (including phenoxy) is 1. The van der Waals surface area contributed by atoms with Crippen LogP contribution in [-0.2, 0) is 26.2 Å². The van der Waals surface area contributed by atoms with Crippen molar-refractivity contribution in [3.63, 3.8) is 0 Å². The van der Waals surface area contributed by atoms with Crippen molar-refractivity contribution in [3.05, 3.63) is 89.5 Å². The first-order valence-corrected chi connectivity index (χ1v) is 14.9. The molecule has 0 bridgehead atoms. The normalized spacial score (nSPS) is 11.9. The molecule has 3 aromatic rings. The van der Waals surface area contributed by atoms with E-state index < -0.39 is 28.5 Å². The molecular weight excluding hydrogens is 526 g/mol. The van der Waals surface area contributed by atoms with Gasteiger partial charge in [-0.1, -0.05) is 61.9 Å². The molecule has 3 aromatic carbocycles. The molecule has 0 aliphatic carbocycles. The highest BCUT2D eigenvalue weighted by atomic mass is 32.2. The summed E-state index contributed by atoms with van der Waals surface area (Å²) in [4.78, 5) is 28.9. The number of sulfonamides is 1. The predicted molar refractivity (Wildman–Crippen MR) is 158 cm³/mol. The van der Waals surface area contributed by atoms with Gasteiger partial charge in [-0.3, -0.25) is 13.9 Å². The van der Waals surface area contributed by atoms with E-state index in [4.69, 9.17) is 4.74 Å². The van der Waals surface area contributed by atoms with Crippen molar-refractivity contribution in [2.75, 3.05) is 24.5 Å². The number of amides is 2. The lowest BCUT2D eigenvalue weighted by Gasteiger charge is -2.33. The number of nitrogens with one attached hydrogen (secondary N) is 1. The number of anilines is 1. The third-order valence-corrected chi connectivity index (χ3v) is 8.47. The van der Waals surface area contributed by atoms with Crippen molar-refractivity contribution in [2.24, 2.45) is 0 Å². The molecule has 2 amide bonds. The van der Waals surface area contributed by atoms with Gasteiger partial charge >= 0.3 is 0 Å². The first-order valence-electron chi connectivity index (χ1n) is 13.5. The summed E-state index contributed by atoms with van der Waals surface area (Å²) in [6, 6.07) is 20.1. The summed E-state index contributed by atoms with van der Waals surface area (Å²) < 4.78 is 34.4. The van der Waals surface area contributed by atoms with Crippen LogP contribution in [0.25, 0.3) is 0 Å². The molecule has 40 heavy (non-hydrogen) atoms. The van der Waals surface area contributed by atoms with E-state index in [9.17, 15) is 18.0 Å². The number of carbonyl (C=O) groups excluding carboxylic acids is 2. The van der Waals surface area contributed by atoms with Crippen molar-refractivity contribution < 1.29 is 22.7 Å². The summed E-state index contributed by atoms with van der Waals surface area (Å²) in [5.41, 5.74) is 2.79. The quantitative estimate of drug-likeness (QED) is 0.320. The molecule has 9 heteroatoms. The first-order chi connectivity index (χ1) is 19.1. The molecule has 0 heterocycles. The number of aryl methyl sites for hydroxylation is 2. The SMILES string of the molecule is CCCNC(=O)C(CC)N(Cc1cccc(OC)c1)C(=O)CN(c1ccccc1C)S(=O)(=O)c1ccc(C)cc1. The van der Waals surface area contributed by atoms with Gasteiger partial charge in [0.25, 0.3) is 10.0 Å². The van der Waals surface area contributed by atoms with Crippen LogP contribution in [0.3, 0.4) is 0 Å². The van der Waals surface area contributed by atoms with Crippen LogP contribution in [-0.4, -0.2) is 51.4 Å². The molecule has 0 aliphatic heterocycles. The maximum Gasteiger partial charge on any atom is 0.264 e. The first kappa shape index (κ1) is 30.7. The summed E-state index contributed by atoms with van der Waals surface area (Å²) in [5.74, 6) is -0.137. The average Bonchev–Trinajstić information content (AvgIpc) is 2.95. The van der Waals surface area contributed by atoms with Crippen molar-refractivity contribution >= 4 is 27.5 Å². The molecule has 0 saturated carbocycles. The molecule has 1 atom stereocenters. The fourth-order valence-electron chi connectivity index (χ4n) is 4.45. The van der Waals surface area contributed by atoms with Crippen molar-refractivity contribution in [1.82, 2.24) is 10.2 Å². The van der Waals surface area contributed by atoms with Gasteiger partial charge < -0.3 is 15.0 Å². The number of methoxy groups -OCH3 is 1. The zero-order valence-corrected chi connectivity index (χ0v) is 24.7. The molecule has 8 nitrogen and oxygen atoms in total. The Morgan fingerprint density at radius 3 is 2.27 bits per heavy atom. The summed E-state index contributed by atoms with van der Waals surface area (Å²) in [5, 5.41) is 2.89. The lowest BCUT2D eigenvalue weighted by atomic mass is 10.1. The topological polar surface area (TPSA) is 96.0 Å². The monoisotopic (exact) mass is 565 g/mol. The van der Waals surface area contributed by atoms with Crippen molar-refractivity contribution in [1.29, 1.82) is 0 Å². The van der Waals surface area contributed by atoms with Crippen LogP contribution in [0.5, 0.6) is 5.75 Å². The minimum atomic E-state index is -4.11. The molecule has 0 saturated heterocycles. The Hall–Kier alpha value is -3.85. The molecule has 1 N–H and O–H groups in total. The molecule has 0 aromatic heterocycles. The van der Waals surface area contributed by atoms with Gasteiger partial charge in [-0.2, -0.15) is 0 Å². The zero-order chi connectivity index (χ0) is 29.3. The minimum Gasteiger partial charge on any atom is -0.497 e. The largest absolute Gasteiger partial charge is 0.497 e. The summed E-state index contributed by atoms with van der Waals surface area (Å²) >= 11 is 0. The summed E-state index contributed by atoms with van der Waals surface area (Å²) in [7, 11) is -2.55. The molecular formula is C31H39N3O5S. The van der Waals surface area contributed by atoms with Gasteiger partial charge in [-0.15, -0.1) is 0 Å². The van der Waals surface area contributed by atoms with Gasteiger partial charge in [-0.25, -0.2) is 8.42 Å². The number of carbonyl (C=O) groups is 2. The predicted octanol–water partition coefficient (Wildman–Crippen LogP) is 4.84. The Morgan fingerprint density at radius 2 is 1.65 bits per heavy atom. The van der Waals surface area contributed by atoms with Crippen LogP contribution in [0.2, 0.25) is 0 Å². The van der Waals surface area contributed by atoms with E-state index in [2.05, 4.69) is 5.32 Å². The third kappa shape index (κ3) is 7.41. The average molecular weight is 566 g/mol. The van der Waals surface area contributed by atoms with Gasteiger partial charge in [0, 0.05) is 13.1 Å². The number of benzene rings is 3. The van der Waals surface area contributed by atoms with E-state index in [0.29, 0.717) is 30.0 Å². The maximum atomic E-state index is 14.1. The van der Waals surface area contributed by atoms with Crippen LogP contribution < -0.4 is 14.4 Å². The lowest BCUT2D eigenvalue weighted by Crippen LogP contribution is -2.52. The molecule has 0 aliphatic rings. The van der Waals surface area contributed by atoms with Crippen LogP contribution in [0.1, 0.15) is 43.4 Å². The molecule has 0 radical (unpaired) electrons. The molecule has 0 fully saturated rings. The fraction of sp³-hybridized carbons (Fsp3) is 0.355. The van der Waals surface area contributed by atoms with E-state index in [1.54, 1.807) is 68.6 Å². The van der Waals surface area contributed by atoms with E-state index in [1.165, 1.54) is 4.90 Å². The number of rotatable bonds is 13. The highest BCUT2D eigenvalue weighted by molar-refractivity contribution is 7.92. The molecule has 3 rings (SSSR count). The number of nitrogens with zero attached hydrogens (tertiary/aromatic N) is 2. The van der Waals surface area contributed by atoms with Gasteiger partial charge in [0.05, 0.1) is 17.7 Å². The Morgan fingerprint density at radius 1 is 0.950 bits per heavy atom. The Bertz CT molecular complexity index is 1410. The molecule has 0 spiro atoms. The van der Waals surface area contributed by atoms with Crippen molar-refractivity contribution in [2.45, 2.75) is 58.0 Å². The van der Waals surface area contributed by atoms with E-state index >= 15 is 0 Å². The lowest BCUT2D eigenvalue weighted by molar-refractivity contribution is -0.140. The second kappa shape index (κ2) is 14.0. The van der Waals surface area contributed by atoms with E-state index in [0.717, 1.165) is 21.9 Å². The van der Waals surface area contributed by atoms with Crippen LogP contribution in [0, 0.1) is 13.8 Å². The van der Waals surface area contributed by atoms with E-state index in [1.807, 2.05) is 39.0 Å². The van der Waals surface area contributed by atoms with Crippen LogP contribution in [0.4, 0.5) is 5.69 Å². The van der Waals surface area contributed by atoms with Crippen LogP contribution >= 0.6 is 0 Å². The Labute approximate surface area is 238 Å². The number of hydrogen-bond acceptors (Lipinski definition) is 5. The Balaban J connectivity index is 2.07. The number of hydrogen-bond donors (Lipinski definition) is 1. The number of para-hydroxylation sites is 1. The van der Waals surface area contributed by atoms with Crippen LogP contribution in [0.15, 0.2) is 77.7 Å². The Kier molecular flexibility index (Phi) is 10.7. The van der Waals surface area contributed by atoms with Gasteiger partial charge in [0.2, 0.25) is 11.8 Å². The van der Waals surface area contributed by atoms with Gasteiger partial charge in [-0.05, 0) is 68.1 Å². The van der Waals surface area contributed by atoms with Gasteiger partial charge in [0.1, 0.15) is 18.3 Å². The molecule has 1 unspecified atom stereocenters. The summed E-state index contributed by atoms with van der Waals surface area (Å²) in [6.07, 6.45) is 1.11. The fourth-order valence-corrected chi connectivity index (χ4v) is 5.93. The third-order valence-electron chi connectivity index (χ3n) is 6.69. The second-order valence-corrected chi connectivity index (χ2v) is 11.6. The standard InChI is InChI=1S/C31H39N3O5S/c1-6-19-32-31(36)28(7-2)33(21-25-12-10-13-26(20-25)39-5)30(35)22-34(29-14-9-8-11-24(29)4)40(37,38)27-17-15-23(3)16-18-27/h8-18,20,28H,6-7,19,21-22H2,1-5H3,(H,32,36). The molecule has 214 valence electrons. The highest BCUT2D eigenvalue weighted by Crippen LogP contribution is 2.28. The zero-order valence-electron chi connectivity index (χ0n) is 23.9. The van der Waals surface area contributed by atoms with Crippen molar-refractivity contribution in [3.8, 4) is 5.75 Å².